The fraction of sp³-hybridized carbons (Fsp3) is 0.167. The fourth-order valence-corrected chi connectivity index (χ4v) is 2.78. The molecule has 0 saturated carbocycles. The van der Waals surface area contributed by atoms with Crippen LogP contribution in [-0.2, 0) is 15.7 Å². The molecule has 0 atom stereocenters. The van der Waals surface area contributed by atoms with E-state index in [1.165, 1.54) is 6.07 Å². The first-order valence-electron chi connectivity index (χ1n) is 5.30. The molecule has 0 aliphatic rings. The third-order valence-corrected chi connectivity index (χ3v) is 3.74. The summed E-state index contributed by atoms with van der Waals surface area (Å²) in [6.45, 7) is 0. The van der Waals surface area contributed by atoms with Crippen LogP contribution < -0.4 is 5.32 Å². The highest BCUT2D eigenvalue weighted by Crippen LogP contribution is 2.39. The van der Waals surface area contributed by atoms with Gasteiger partial charge >= 0.3 is 12.1 Å². The van der Waals surface area contributed by atoms with Gasteiger partial charge in [0.1, 0.15) is 4.88 Å². The van der Waals surface area contributed by atoms with Gasteiger partial charge in [0.05, 0.1) is 18.4 Å². The smallest absolute Gasteiger partial charge is 0.416 e. The summed E-state index contributed by atoms with van der Waals surface area (Å²) in [5, 5.41) is 2.41. The molecule has 0 aliphatic carbocycles. The lowest BCUT2D eigenvalue weighted by Crippen LogP contribution is -2.05. The quantitative estimate of drug-likeness (QED) is 0.699. The van der Waals surface area contributed by atoms with E-state index in [0.717, 1.165) is 30.6 Å². The van der Waals surface area contributed by atoms with E-state index in [1.807, 2.05) is 0 Å². The second-order valence-electron chi connectivity index (χ2n) is 3.77. The van der Waals surface area contributed by atoms with E-state index in [4.69, 9.17) is 0 Å². The van der Waals surface area contributed by atoms with Gasteiger partial charge in [0.25, 0.3) is 0 Å². The number of ether oxygens (including phenoxy) is 1. The third-order valence-electron chi connectivity index (χ3n) is 2.59. The highest BCUT2D eigenvalue weighted by atomic mass is 32.1. The number of alkyl halides is 3. The average Bonchev–Trinajstić information content (AvgIpc) is 2.75. The molecule has 2 rings (SSSR count). The molecule has 0 bridgehead atoms. The number of methoxy groups -OCH3 is 1. The minimum atomic E-state index is -4.50. The van der Waals surface area contributed by atoms with Gasteiger partial charge in [0.2, 0.25) is 6.41 Å². The molecule has 0 radical (unpaired) electrons. The van der Waals surface area contributed by atoms with Crippen molar-refractivity contribution in [2.45, 2.75) is 6.18 Å². The van der Waals surface area contributed by atoms with Crippen molar-refractivity contribution in [2.24, 2.45) is 0 Å². The van der Waals surface area contributed by atoms with E-state index < -0.39 is 17.7 Å². The second-order valence-corrected chi connectivity index (χ2v) is 4.82. The van der Waals surface area contributed by atoms with Gasteiger partial charge < -0.3 is 10.1 Å². The molecule has 2 aromatic rings. The summed E-state index contributed by atoms with van der Waals surface area (Å²) in [7, 11) is 1.15. The van der Waals surface area contributed by atoms with Crippen LogP contribution in [0.25, 0.3) is 10.1 Å². The fourth-order valence-electron chi connectivity index (χ4n) is 1.71. The highest BCUT2D eigenvalue weighted by molar-refractivity contribution is 7.21. The Morgan fingerprint density at radius 2 is 2.10 bits per heavy atom. The first-order chi connectivity index (χ1) is 9.38. The Hall–Kier alpha value is -2.09. The second kappa shape index (κ2) is 5.12. The molecule has 1 aromatic heterocycles. The number of rotatable bonds is 3. The number of fused-ring (bicyclic) bond motifs is 1. The van der Waals surface area contributed by atoms with Crippen molar-refractivity contribution in [2.75, 3.05) is 12.4 Å². The number of hydrogen-bond acceptors (Lipinski definition) is 4. The van der Waals surface area contributed by atoms with Gasteiger partial charge in [-0.05, 0) is 18.2 Å². The summed E-state index contributed by atoms with van der Waals surface area (Å²) in [4.78, 5) is 22.2. The van der Waals surface area contributed by atoms with Crippen LogP contribution in [0.4, 0.5) is 18.9 Å². The Balaban J connectivity index is 2.70. The molecule has 0 fully saturated rings. The number of benzene rings is 1. The molecule has 4 nitrogen and oxygen atoms in total. The zero-order valence-electron chi connectivity index (χ0n) is 10.1. The van der Waals surface area contributed by atoms with Crippen molar-refractivity contribution in [3.63, 3.8) is 0 Å². The van der Waals surface area contributed by atoms with Crippen molar-refractivity contribution >= 4 is 39.5 Å². The van der Waals surface area contributed by atoms with Gasteiger partial charge in [-0.25, -0.2) is 4.79 Å². The van der Waals surface area contributed by atoms with Gasteiger partial charge in [-0.2, -0.15) is 13.2 Å². The molecule has 1 aromatic carbocycles. The Kier molecular flexibility index (Phi) is 3.67. The monoisotopic (exact) mass is 303 g/mol. The van der Waals surface area contributed by atoms with E-state index in [-0.39, 0.29) is 16.0 Å². The summed E-state index contributed by atoms with van der Waals surface area (Å²) in [6.07, 6.45) is -4.20. The Bertz CT molecular complexity index is 678. The summed E-state index contributed by atoms with van der Waals surface area (Å²) >= 11 is 0.953. The summed E-state index contributed by atoms with van der Waals surface area (Å²) < 4.78 is 43.1. The molecule has 20 heavy (non-hydrogen) atoms. The molecule has 0 saturated heterocycles. The van der Waals surface area contributed by atoms with Crippen LogP contribution in [0.1, 0.15) is 15.2 Å². The van der Waals surface area contributed by atoms with E-state index >= 15 is 0 Å². The van der Waals surface area contributed by atoms with Crippen molar-refractivity contribution < 1.29 is 27.5 Å². The number of nitrogens with one attached hydrogen (secondary N) is 1. The number of thiophene rings is 1. The van der Waals surface area contributed by atoms with Crippen LogP contribution in [0.2, 0.25) is 0 Å². The van der Waals surface area contributed by atoms with Crippen LogP contribution >= 0.6 is 11.3 Å². The largest absolute Gasteiger partial charge is 0.465 e. The lowest BCUT2D eigenvalue weighted by atomic mass is 10.1. The number of carbonyl (C=O) groups excluding carboxylic acids is 2. The van der Waals surface area contributed by atoms with Crippen molar-refractivity contribution in [1.29, 1.82) is 0 Å². The first kappa shape index (κ1) is 14.3. The highest BCUT2D eigenvalue weighted by Gasteiger charge is 2.31. The van der Waals surface area contributed by atoms with E-state index in [1.54, 1.807) is 0 Å². The molecule has 1 amide bonds. The maximum Gasteiger partial charge on any atom is 0.416 e. The predicted octanol–water partition coefficient (Wildman–Crippen LogP) is 3.28. The molecule has 1 N–H and O–H groups in total. The van der Waals surface area contributed by atoms with Gasteiger partial charge in [-0.1, -0.05) is 0 Å². The number of carbonyl (C=O) groups is 2. The number of anilines is 1. The lowest BCUT2D eigenvalue weighted by Gasteiger charge is -2.07. The Morgan fingerprint density at radius 1 is 1.40 bits per heavy atom. The van der Waals surface area contributed by atoms with Gasteiger partial charge in [0.15, 0.2) is 0 Å². The maximum atomic E-state index is 12.7. The molecular formula is C12H8F3NO3S. The molecule has 0 spiro atoms. The summed E-state index contributed by atoms with van der Waals surface area (Å²) in [6, 6.07) is 3.07. The minimum absolute atomic E-state index is 0.0259. The zero-order valence-corrected chi connectivity index (χ0v) is 10.9. The summed E-state index contributed by atoms with van der Waals surface area (Å²) in [5.41, 5.74) is -0.828. The van der Waals surface area contributed by atoms with Gasteiger partial charge in [-0.15, -0.1) is 11.3 Å². The van der Waals surface area contributed by atoms with E-state index in [2.05, 4.69) is 10.1 Å². The zero-order chi connectivity index (χ0) is 14.9. The Labute approximate surface area is 115 Å². The van der Waals surface area contributed by atoms with Crippen molar-refractivity contribution in [3.8, 4) is 0 Å². The molecule has 1 heterocycles. The predicted molar refractivity (Wildman–Crippen MR) is 67.9 cm³/mol. The molecular weight excluding hydrogens is 295 g/mol. The number of hydrogen-bond donors (Lipinski definition) is 1. The topological polar surface area (TPSA) is 55.4 Å². The minimum Gasteiger partial charge on any atom is -0.465 e. The van der Waals surface area contributed by atoms with Crippen LogP contribution in [-0.4, -0.2) is 19.5 Å². The number of amides is 1. The maximum absolute atomic E-state index is 12.7. The van der Waals surface area contributed by atoms with Crippen LogP contribution in [0, 0.1) is 0 Å². The van der Waals surface area contributed by atoms with Crippen LogP contribution in [0.5, 0.6) is 0 Å². The lowest BCUT2D eigenvalue weighted by molar-refractivity contribution is -0.137. The summed E-state index contributed by atoms with van der Waals surface area (Å²) in [5.74, 6) is -0.718. The van der Waals surface area contributed by atoms with Crippen molar-refractivity contribution in [3.05, 3.63) is 28.6 Å². The van der Waals surface area contributed by atoms with Gasteiger partial charge in [-0.3, -0.25) is 4.79 Å². The molecule has 106 valence electrons. The molecule has 0 aliphatic heterocycles. The van der Waals surface area contributed by atoms with Crippen molar-refractivity contribution in [1.82, 2.24) is 0 Å². The van der Waals surface area contributed by atoms with E-state index in [9.17, 15) is 22.8 Å². The average molecular weight is 303 g/mol. The third kappa shape index (κ3) is 2.46. The number of esters is 1. The SMILES string of the molecule is COC(=O)c1sc2ccc(C(F)(F)F)cc2c1NC=O. The number of halogens is 3. The Morgan fingerprint density at radius 3 is 2.65 bits per heavy atom. The normalized spacial score (nSPS) is 11.4. The van der Waals surface area contributed by atoms with Gasteiger partial charge in [0, 0.05) is 10.1 Å². The van der Waals surface area contributed by atoms with Crippen LogP contribution in [0.15, 0.2) is 18.2 Å². The first-order valence-corrected chi connectivity index (χ1v) is 6.12. The molecule has 8 heteroatoms. The standard InChI is InChI=1S/C12H8F3NO3S/c1-19-11(18)10-9(16-5-17)7-4-6(12(13,14)15)2-3-8(7)20-10/h2-5H,1H3,(H,16,17). The molecule has 0 unspecified atom stereocenters. The van der Waals surface area contributed by atoms with E-state index in [0.29, 0.717) is 11.1 Å². The van der Waals surface area contributed by atoms with Crippen LogP contribution in [0.3, 0.4) is 0 Å².